The number of nitrogens with one attached hydrogen (secondary N) is 1. The molecule has 1 amide bonds. The molecule has 0 aliphatic heterocycles. The zero-order valence-corrected chi connectivity index (χ0v) is 12.8. The van der Waals surface area contributed by atoms with Crippen molar-refractivity contribution in [1.29, 1.82) is 0 Å². The number of hydrogen-bond donors (Lipinski definition) is 2. The van der Waals surface area contributed by atoms with E-state index in [1.807, 2.05) is 0 Å². The average molecular weight is 335 g/mol. The van der Waals surface area contributed by atoms with Gasteiger partial charge in [0.15, 0.2) is 0 Å². The molecule has 0 bridgehead atoms. The highest BCUT2D eigenvalue weighted by atomic mass is 79.9. The summed E-state index contributed by atoms with van der Waals surface area (Å²) in [6.07, 6.45) is 0.997. The van der Waals surface area contributed by atoms with E-state index in [-0.39, 0.29) is 21.5 Å². The third-order valence-corrected chi connectivity index (χ3v) is 3.42. The summed E-state index contributed by atoms with van der Waals surface area (Å²) in [6, 6.07) is 4.41. The van der Waals surface area contributed by atoms with Crippen molar-refractivity contribution in [1.82, 2.24) is 5.32 Å². The monoisotopic (exact) mass is 333 g/mol. The van der Waals surface area contributed by atoms with Crippen LogP contribution in [0.1, 0.15) is 30.6 Å². The summed E-state index contributed by atoms with van der Waals surface area (Å²) >= 11 is 9.28. The van der Waals surface area contributed by atoms with Crippen LogP contribution in [0.25, 0.3) is 0 Å². The van der Waals surface area contributed by atoms with E-state index in [4.69, 9.17) is 11.6 Å². The third kappa shape index (κ3) is 4.86. The van der Waals surface area contributed by atoms with Crippen molar-refractivity contribution >= 4 is 33.4 Å². The van der Waals surface area contributed by atoms with Gasteiger partial charge in [-0.1, -0.05) is 41.4 Å². The Labute approximate surface area is 121 Å². The first-order valence-electron chi connectivity index (χ1n) is 5.81. The second-order valence-corrected chi connectivity index (χ2v) is 6.31. The van der Waals surface area contributed by atoms with Crippen molar-refractivity contribution in [2.75, 3.05) is 6.54 Å². The van der Waals surface area contributed by atoms with Crippen molar-refractivity contribution < 1.29 is 9.90 Å². The van der Waals surface area contributed by atoms with Crippen molar-refractivity contribution in [2.24, 2.45) is 5.92 Å². The molecule has 0 aliphatic carbocycles. The van der Waals surface area contributed by atoms with Gasteiger partial charge < -0.3 is 10.4 Å². The van der Waals surface area contributed by atoms with Gasteiger partial charge in [0.1, 0.15) is 5.75 Å². The largest absolute Gasteiger partial charge is 0.506 e. The second kappa shape index (κ2) is 7.00. The SMILES string of the molecule is CC(C)CC(Br)CNC(=O)c1ccc(O)c(Cl)c1. The number of aromatic hydroxyl groups is 1. The van der Waals surface area contributed by atoms with Gasteiger partial charge in [0, 0.05) is 16.9 Å². The standard InChI is InChI=1S/C13H17BrClNO2/c1-8(2)5-10(14)7-16-13(18)9-3-4-12(17)11(15)6-9/h3-4,6,8,10,17H,5,7H2,1-2H3,(H,16,18). The molecule has 2 N–H and O–H groups in total. The summed E-state index contributed by atoms with van der Waals surface area (Å²) in [7, 11) is 0. The van der Waals surface area contributed by atoms with Gasteiger partial charge >= 0.3 is 0 Å². The van der Waals surface area contributed by atoms with Crippen LogP contribution >= 0.6 is 27.5 Å². The number of phenols is 1. The maximum atomic E-state index is 11.8. The number of amides is 1. The Kier molecular flexibility index (Phi) is 5.96. The maximum absolute atomic E-state index is 11.8. The Balaban J connectivity index is 2.52. The predicted molar refractivity (Wildman–Crippen MR) is 77.6 cm³/mol. The molecule has 0 saturated heterocycles. The maximum Gasteiger partial charge on any atom is 0.251 e. The molecule has 0 spiro atoms. The number of rotatable bonds is 5. The third-order valence-electron chi connectivity index (χ3n) is 2.42. The van der Waals surface area contributed by atoms with Crippen LogP contribution in [0.3, 0.4) is 0 Å². The Morgan fingerprint density at radius 3 is 2.72 bits per heavy atom. The molecule has 0 fully saturated rings. The van der Waals surface area contributed by atoms with Crippen molar-refractivity contribution in [2.45, 2.75) is 25.1 Å². The van der Waals surface area contributed by atoms with Crippen LogP contribution < -0.4 is 5.32 Å². The first-order valence-corrected chi connectivity index (χ1v) is 7.10. The molecule has 0 aliphatic rings. The number of benzene rings is 1. The highest BCUT2D eigenvalue weighted by molar-refractivity contribution is 9.09. The number of halogens is 2. The van der Waals surface area contributed by atoms with Gasteiger partial charge in [-0.25, -0.2) is 0 Å². The quantitative estimate of drug-likeness (QED) is 0.809. The molecule has 0 aromatic heterocycles. The lowest BCUT2D eigenvalue weighted by molar-refractivity contribution is 0.0953. The van der Waals surface area contributed by atoms with Crippen molar-refractivity contribution in [3.05, 3.63) is 28.8 Å². The lowest BCUT2D eigenvalue weighted by Crippen LogP contribution is -2.30. The van der Waals surface area contributed by atoms with E-state index in [1.54, 1.807) is 6.07 Å². The highest BCUT2D eigenvalue weighted by Crippen LogP contribution is 2.23. The minimum absolute atomic E-state index is 0.0219. The zero-order valence-electron chi connectivity index (χ0n) is 10.4. The van der Waals surface area contributed by atoms with Crippen molar-refractivity contribution in [3.63, 3.8) is 0 Å². The van der Waals surface area contributed by atoms with Gasteiger partial charge in [0.25, 0.3) is 5.91 Å². The normalized spacial score (nSPS) is 12.5. The summed E-state index contributed by atoms with van der Waals surface area (Å²) in [6.45, 7) is 4.83. The van der Waals surface area contributed by atoms with Crippen LogP contribution in [-0.2, 0) is 0 Å². The zero-order chi connectivity index (χ0) is 13.7. The highest BCUT2D eigenvalue weighted by Gasteiger charge is 2.11. The van der Waals surface area contributed by atoms with E-state index in [2.05, 4.69) is 35.1 Å². The van der Waals surface area contributed by atoms with E-state index < -0.39 is 0 Å². The second-order valence-electron chi connectivity index (χ2n) is 4.60. The fourth-order valence-corrected chi connectivity index (χ4v) is 2.64. The molecule has 1 unspecified atom stereocenters. The molecule has 1 aromatic carbocycles. The van der Waals surface area contributed by atoms with Crippen LogP contribution in [0.4, 0.5) is 0 Å². The number of carbonyl (C=O) groups is 1. The minimum atomic E-state index is -0.190. The smallest absolute Gasteiger partial charge is 0.251 e. The van der Waals surface area contributed by atoms with E-state index in [9.17, 15) is 9.90 Å². The Hall–Kier alpha value is -0.740. The molecule has 1 aromatic rings. The molecule has 1 atom stereocenters. The molecule has 1 rings (SSSR count). The molecule has 0 radical (unpaired) electrons. The van der Waals surface area contributed by atoms with Crippen LogP contribution in [-0.4, -0.2) is 22.4 Å². The van der Waals surface area contributed by atoms with E-state index in [0.29, 0.717) is 18.0 Å². The lowest BCUT2D eigenvalue weighted by atomic mass is 10.1. The number of phenolic OH excluding ortho intramolecular Hbond substituents is 1. The van der Waals surface area contributed by atoms with E-state index in [1.165, 1.54) is 12.1 Å². The Bertz CT molecular complexity index is 423. The molecule has 0 heterocycles. The van der Waals surface area contributed by atoms with E-state index in [0.717, 1.165) is 6.42 Å². The fraction of sp³-hybridized carbons (Fsp3) is 0.462. The molecule has 5 heteroatoms. The number of hydrogen-bond acceptors (Lipinski definition) is 2. The van der Waals surface area contributed by atoms with Crippen LogP contribution in [0.5, 0.6) is 5.75 Å². The lowest BCUT2D eigenvalue weighted by Gasteiger charge is -2.13. The van der Waals surface area contributed by atoms with Gasteiger partial charge in [-0.15, -0.1) is 0 Å². The average Bonchev–Trinajstić information content (AvgIpc) is 2.28. The Morgan fingerprint density at radius 2 is 2.17 bits per heavy atom. The van der Waals surface area contributed by atoms with Gasteiger partial charge in [-0.3, -0.25) is 4.79 Å². The van der Waals surface area contributed by atoms with Gasteiger partial charge in [-0.05, 0) is 30.5 Å². The van der Waals surface area contributed by atoms with Gasteiger partial charge in [0.05, 0.1) is 5.02 Å². The van der Waals surface area contributed by atoms with Crippen LogP contribution in [0.15, 0.2) is 18.2 Å². The number of carbonyl (C=O) groups excluding carboxylic acids is 1. The minimum Gasteiger partial charge on any atom is -0.506 e. The Morgan fingerprint density at radius 1 is 1.50 bits per heavy atom. The summed E-state index contributed by atoms with van der Waals surface area (Å²) in [5.74, 6) is 0.367. The summed E-state index contributed by atoms with van der Waals surface area (Å²) in [4.78, 5) is 12.1. The van der Waals surface area contributed by atoms with E-state index >= 15 is 0 Å². The van der Waals surface area contributed by atoms with Crippen LogP contribution in [0, 0.1) is 5.92 Å². The number of alkyl halides is 1. The van der Waals surface area contributed by atoms with Gasteiger partial charge in [0.2, 0.25) is 0 Å². The summed E-state index contributed by atoms with van der Waals surface area (Å²) in [5.41, 5.74) is 0.446. The van der Waals surface area contributed by atoms with Gasteiger partial charge in [-0.2, -0.15) is 0 Å². The first kappa shape index (κ1) is 15.3. The molecule has 0 saturated carbocycles. The molecular weight excluding hydrogens is 318 g/mol. The summed E-state index contributed by atoms with van der Waals surface area (Å²) < 4.78 is 0. The fourth-order valence-electron chi connectivity index (χ4n) is 1.55. The predicted octanol–water partition coefficient (Wildman–Crippen LogP) is 3.59. The van der Waals surface area contributed by atoms with Crippen molar-refractivity contribution in [3.8, 4) is 5.75 Å². The molecule has 3 nitrogen and oxygen atoms in total. The first-order chi connectivity index (χ1) is 8.40. The summed E-state index contributed by atoms with van der Waals surface area (Å²) in [5, 5.41) is 12.3. The molecule has 18 heavy (non-hydrogen) atoms. The molecular formula is C13H17BrClNO2. The van der Waals surface area contributed by atoms with Crippen LogP contribution in [0.2, 0.25) is 5.02 Å². The molecule has 100 valence electrons. The topological polar surface area (TPSA) is 49.3 Å².